The molecule has 1 aliphatic rings. The van der Waals surface area contributed by atoms with Crippen molar-refractivity contribution in [3.8, 4) is 0 Å². The smallest absolute Gasteiger partial charge is 0.254 e. The average Bonchev–Trinajstić information content (AvgIpc) is 3.11. The fourth-order valence-corrected chi connectivity index (χ4v) is 3.56. The number of ether oxygens (including phenoxy) is 1. The van der Waals surface area contributed by atoms with Crippen LogP contribution in [-0.4, -0.2) is 42.0 Å². The van der Waals surface area contributed by atoms with Gasteiger partial charge in [-0.2, -0.15) is 0 Å². The first-order valence-electron chi connectivity index (χ1n) is 9.64. The third-order valence-corrected chi connectivity index (χ3v) is 5.06. The molecular weight excluding hydrogens is 384 g/mol. The SMILES string of the molecule is COCCn1ccc2c(NC(=O)C[C@H]3NC(=O)c4ccccc4NC3=O)cccc21. The van der Waals surface area contributed by atoms with Crippen LogP contribution in [0.15, 0.2) is 54.7 Å². The second kappa shape index (κ2) is 8.38. The van der Waals surface area contributed by atoms with Gasteiger partial charge in [0.05, 0.1) is 35.5 Å². The third-order valence-electron chi connectivity index (χ3n) is 5.06. The molecule has 3 N–H and O–H groups in total. The summed E-state index contributed by atoms with van der Waals surface area (Å²) in [5.74, 6) is -1.18. The lowest BCUT2D eigenvalue weighted by atomic mass is 10.1. The van der Waals surface area contributed by atoms with E-state index in [9.17, 15) is 14.4 Å². The predicted octanol–water partition coefficient (Wildman–Crippen LogP) is 2.37. The largest absolute Gasteiger partial charge is 0.383 e. The van der Waals surface area contributed by atoms with Crippen molar-refractivity contribution in [2.24, 2.45) is 0 Å². The standard InChI is InChI=1S/C22H22N4O4/c1-30-12-11-26-10-9-14-16(7-4-8-19(14)26)23-20(27)13-18-22(29)24-17-6-3-2-5-15(17)21(28)25-18/h2-10,18H,11-13H2,1H3,(H,23,27)(H,24,29)(H,25,28)/t18-/m1/s1. The van der Waals surface area contributed by atoms with E-state index < -0.39 is 11.9 Å². The van der Waals surface area contributed by atoms with Crippen LogP contribution >= 0.6 is 0 Å². The highest BCUT2D eigenvalue weighted by atomic mass is 16.5. The van der Waals surface area contributed by atoms with Gasteiger partial charge in [-0.05, 0) is 30.3 Å². The lowest BCUT2D eigenvalue weighted by molar-refractivity contribution is -0.122. The highest BCUT2D eigenvalue weighted by Crippen LogP contribution is 2.25. The molecule has 1 aliphatic heterocycles. The van der Waals surface area contributed by atoms with Gasteiger partial charge < -0.3 is 25.3 Å². The molecule has 3 amide bonds. The van der Waals surface area contributed by atoms with Crippen LogP contribution in [0.2, 0.25) is 0 Å². The van der Waals surface area contributed by atoms with Crippen LogP contribution in [0, 0.1) is 0 Å². The number of para-hydroxylation sites is 1. The lowest BCUT2D eigenvalue weighted by Gasteiger charge is -2.15. The molecule has 3 aromatic rings. The van der Waals surface area contributed by atoms with E-state index in [1.807, 2.05) is 35.0 Å². The number of hydrogen-bond donors (Lipinski definition) is 3. The van der Waals surface area contributed by atoms with Crippen LogP contribution in [0.5, 0.6) is 0 Å². The maximum absolute atomic E-state index is 12.7. The Balaban J connectivity index is 1.48. The Bertz CT molecular complexity index is 1120. The molecule has 8 heteroatoms. The Morgan fingerprint density at radius 1 is 1.13 bits per heavy atom. The van der Waals surface area contributed by atoms with Gasteiger partial charge >= 0.3 is 0 Å². The van der Waals surface area contributed by atoms with E-state index >= 15 is 0 Å². The molecule has 0 bridgehead atoms. The molecule has 30 heavy (non-hydrogen) atoms. The van der Waals surface area contributed by atoms with E-state index in [4.69, 9.17) is 4.74 Å². The van der Waals surface area contributed by atoms with Crippen molar-refractivity contribution in [1.29, 1.82) is 0 Å². The fourth-order valence-electron chi connectivity index (χ4n) is 3.56. The summed E-state index contributed by atoms with van der Waals surface area (Å²) in [6.07, 6.45) is 1.77. The Labute approximate surface area is 173 Å². The maximum atomic E-state index is 12.7. The van der Waals surface area contributed by atoms with Crippen LogP contribution in [0.4, 0.5) is 11.4 Å². The molecular formula is C22H22N4O4. The highest BCUT2D eigenvalue weighted by Gasteiger charge is 2.29. The molecule has 0 spiro atoms. The number of carbonyl (C=O) groups excluding carboxylic acids is 3. The minimum atomic E-state index is -0.963. The molecule has 1 atom stereocenters. The second-order valence-electron chi connectivity index (χ2n) is 7.05. The number of anilines is 2. The summed E-state index contributed by atoms with van der Waals surface area (Å²) < 4.78 is 7.18. The molecule has 0 saturated heterocycles. The topological polar surface area (TPSA) is 101 Å². The van der Waals surface area contributed by atoms with E-state index in [0.29, 0.717) is 30.1 Å². The van der Waals surface area contributed by atoms with Gasteiger partial charge in [-0.3, -0.25) is 14.4 Å². The van der Waals surface area contributed by atoms with Gasteiger partial charge in [0.1, 0.15) is 6.04 Å². The Hall–Kier alpha value is -3.65. The van der Waals surface area contributed by atoms with Crippen molar-refractivity contribution >= 4 is 40.0 Å². The molecule has 2 aromatic carbocycles. The molecule has 8 nitrogen and oxygen atoms in total. The first-order valence-corrected chi connectivity index (χ1v) is 9.64. The van der Waals surface area contributed by atoms with Crippen LogP contribution in [-0.2, 0) is 20.9 Å². The van der Waals surface area contributed by atoms with Crippen molar-refractivity contribution in [2.75, 3.05) is 24.4 Å². The first-order chi connectivity index (χ1) is 14.6. The van der Waals surface area contributed by atoms with Crippen LogP contribution in [0.1, 0.15) is 16.8 Å². The van der Waals surface area contributed by atoms with Crippen molar-refractivity contribution < 1.29 is 19.1 Å². The van der Waals surface area contributed by atoms with Gasteiger partial charge in [-0.25, -0.2) is 0 Å². The van der Waals surface area contributed by atoms with E-state index in [0.717, 1.165) is 10.9 Å². The van der Waals surface area contributed by atoms with Gasteiger partial charge in [-0.15, -0.1) is 0 Å². The number of benzene rings is 2. The fraction of sp³-hybridized carbons (Fsp3) is 0.227. The number of nitrogens with one attached hydrogen (secondary N) is 3. The molecule has 0 saturated carbocycles. The van der Waals surface area contributed by atoms with Gasteiger partial charge in [0.15, 0.2) is 0 Å². The Morgan fingerprint density at radius 3 is 2.80 bits per heavy atom. The van der Waals surface area contributed by atoms with E-state index in [-0.39, 0.29) is 18.2 Å². The highest BCUT2D eigenvalue weighted by molar-refractivity contribution is 6.11. The number of methoxy groups -OCH3 is 1. The van der Waals surface area contributed by atoms with Gasteiger partial charge in [-0.1, -0.05) is 18.2 Å². The minimum Gasteiger partial charge on any atom is -0.383 e. The summed E-state index contributed by atoms with van der Waals surface area (Å²) in [7, 11) is 1.65. The number of aromatic nitrogens is 1. The molecule has 0 fully saturated rings. The second-order valence-corrected chi connectivity index (χ2v) is 7.05. The van der Waals surface area contributed by atoms with Crippen LogP contribution < -0.4 is 16.0 Å². The van der Waals surface area contributed by atoms with Crippen molar-refractivity contribution in [3.63, 3.8) is 0 Å². The molecule has 0 aliphatic carbocycles. The van der Waals surface area contributed by atoms with Gasteiger partial charge in [0.2, 0.25) is 11.8 Å². The van der Waals surface area contributed by atoms with E-state index in [1.165, 1.54) is 0 Å². The molecule has 4 rings (SSSR count). The zero-order valence-electron chi connectivity index (χ0n) is 16.5. The van der Waals surface area contributed by atoms with Crippen molar-refractivity contribution in [2.45, 2.75) is 19.0 Å². The minimum absolute atomic E-state index is 0.174. The van der Waals surface area contributed by atoms with Crippen molar-refractivity contribution in [1.82, 2.24) is 9.88 Å². The predicted molar refractivity (Wildman–Crippen MR) is 113 cm³/mol. The summed E-state index contributed by atoms with van der Waals surface area (Å²) in [4.78, 5) is 37.6. The Morgan fingerprint density at radius 2 is 1.97 bits per heavy atom. The molecule has 1 aromatic heterocycles. The number of amides is 3. The zero-order valence-corrected chi connectivity index (χ0v) is 16.5. The van der Waals surface area contributed by atoms with Crippen LogP contribution in [0.25, 0.3) is 10.9 Å². The summed E-state index contributed by atoms with van der Waals surface area (Å²) in [5, 5.41) is 9.10. The molecule has 2 heterocycles. The quantitative estimate of drug-likeness (QED) is 0.585. The monoisotopic (exact) mass is 406 g/mol. The van der Waals surface area contributed by atoms with Crippen molar-refractivity contribution in [3.05, 3.63) is 60.3 Å². The van der Waals surface area contributed by atoms with E-state index in [2.05, 4.69) is 16.0 Å². The summed E-state index contributed by atoms with van der Waals surface area (Å²) >= 11 is 0. The number of nitrogens with zero attached hydrogens (tertiary/aromatic N) is 1. The molecule has 0 radical (unpaired) electrons. The summed E-state index contributed by atoms with van der Waals surface area (Å²) in [6, 6.07) is 13.3. The number of fused-ring (bicyclic) bond motifs is 2. The normalized spacial score (nSPS) is 15.8. The summed E-state index contributed by atoms with van der Waals surface area (Å²) in [5.41, 5.74) is 2.43. The number of hydrogen-bond acceptors (Lipinski definition) is 4. The Kier molecular flexibility index (Phi) is 5.49. The number of rotatable bonds is 6. The number of carbonyl (C=O) groups is 3. The third kappa shape index (κ3) is 3.90. The molecule has 0 unspecified atom stereocenters. The lowest BCUT2D eigenvalue weighted by Crippen LogP contribution is -2.43. The average molecular weight is 406 g/mol. The van der Waals surface area contributed by atoms with Gasteiger partial charge in [0, 0.05) is 25.2 Å². The van der Waals surface area contributed by atoms with E-state index in [1.54, 1.807) is 31.4 Å². The molecule has 154 valence electrons. The maximum Gasteiger partial charge on any atom is 0.254 e. The summed E-state index contributed by atoms with van der Waals surface area (Å²) in [6.45, 7) is 1.28. The first kappa shape index (κ1) is 19.7. The zero-order chi connectivity index (χ0) is 21.1. The van der Waals surface area contributed by atoms with Crippen LogP contribution in [0.3, 0.4) is 0 Å². The van der Waals surface area contributed by atoms with Gasteiger partial charge in [0.25, 0.3) is 5.91 Å².